The summed E-state index contributed by atoms with van der Waals surface area (Å²) >= 11 is 6.09. The third kappa shape index (κ3) is 4.12. The molecular weight excluding hydrogens is 346 g/mol. The van der Waals surface area contributed by atoms with E-state index in [2.05, 4.69) is 48.8 Å². The van der Waals surface area contributed by atoms with E-state index >= 15 is 0 Å². The maximum atomic E-state index is 6.09. The van der Waals surface area contributed by atoms with Gasteiger partial charge >= 0.3 is 0 Å². The van der Waals surface area contributed by atoms with Gasteiger partial charge in [-0.2, -0.15) is 0 Å². The van der Waals surface area contributed by atoms with Crippen molar-refractivity contribution in [2.45, 2.75) is 13.1 Å². The van der Waals surface area contributed by atoms with E-state index in [4.69, 9.17) is 11.6 Å². The lowest BCUT2D eigenvalue weighted by atomic mass is 10.2. The van der Waals surface area contributed by atoms with Gasteiger partial charge in [0.05, 0.1) is 6.54 Å². The molecule has 6 heteroatoms. The molecule has 0 amide bonds. The molecule has 4 rings (SSSR count). The Morgan fingerprint density at radius 3 is 2.31 bits per heavy atom. The molecule has 2 aromatic carbocycles. The molecule has 1 aliphatic rings. The zero-order chi connectivity index (χ0) is 17.8. The van der Waals surface area contributed by atoms with Gasteiger partial charge in [0.1, 0.15) is 6.33 Å². The summed E-state index contributed by atoms with van der Waals surface area (Å²) in [5, 5.41) is 9.24. The molecule has 1 saturated heterocycles. The molecule has 0 unspecified atom stereocenters. The number of halogens is 1. The quantitative estimate of drug-likeness (QED) is 0.693. The molecule has 0 spiro atoms. The Balaban J connectivity index is 1.34. The fourth-order valence-electron chi connectivity index (χ4n) is 3.37. The van der Waals surface area contributed by atoms with Crippen molar-refractivity contribution < 1.29 is 0 Å². The summed E-state index contributed by atoms with van der Waals surface area (Å²) < 4.78 is 2.07. The van der Waals surface area contributed by atoms with E-state index < -0.39 is 0 Å². The number of benzene rings is 2. The van der Waals surface area contributed by atoms with Crippen LogP contribution in [0.15, 0.2) is 60.9 Å². The standard InChI is InChI=1S/C20H22ClN5/c21-18-6-4-5-17(13-18)14-24-9-11-25(12-10-24)15-20-23-22-16-26(20)19-7-2-1-3-8-19/h1-8,13,16H,9-12,14-15H2. The van der Waals surface area contributed by atoms with Crippen LogP contribution >= 0.6 is 11.6 Å². The number of para-hydroxylation sites is 1. The van der Waals surface area contributed by atoms with Gasteiger partial charge < -0.3 is 0 Å². The van der Waals surface area contributed by atoms with Crippen molar-refractivity contribution in [3.8, 4) is 5.69 Å². The van der Waals surface area contributed by atoms with Gasteiger partial charge in [-0.3, -0.25) is 14.4 Å². The number of hydrogen-bond donors (Lipinski definition) is 0. The van der Waals surface area contributed by atoms with E-state index in [1.165, 1.54) is 5.56 Å². The third-order valence-corrected chi connectivity index (χ3v) is 5.01. The molecule has 0 saturated carbocycles. The normalized spacial score (nSPS) is 16.0. The second-order valence-corrected chi connectivity index (χ2v) is 7.07. The average molecular weight is 368 g/mol. The summed E-state index contributed by atoms with van der Waals surface area (Å²) in [4.78, 5) is 4.92. The van der Waals surface area contributed by atoms with Gasteiger partial charge in [-0.25, -0.2) is 0 Å². The average Bonchev–Trinajstić information content (AvgIpc) is 3.12. The third-order valence-electron chi connectivity index (χ3n) is 4.78. The minimum Gasteiger partial charge on any atom is -0.297 e. The highest BCUT2D eigenvalue weighted by Crippen LogP contribution is 2.15. The topological polar surface area (TPSA) is 37.2 Å². The Kier molecular flexibility index (Phi) is 5.29. The van der Waals surface area contributed by atoms with Crippen LogP contribution in [0.5, 0.6) is 0 Å². The Morgan fingerprint density at radius 2 is 1.58 bits per heavy atom. The number of hydrogen-bond acceptors (Lipinski definition) is 4. The maximum absolute atomic E-state index is 6.09. The number of nitrogens with zero attached hydrogens (tertiary/aromatic N) is 5. The molecule has 134 valence electrons. The minimum absolute atomic E-state index is 0.807. The van der Waals surface area contributed by atoms with Crippen molar-refractivity contribution in [1.82, 2.24) is 24.6 Å². The molecule has 1 aliphatic heterocycles. The molecule has 0 radical (unpaired) electrons. The fraction of sp³-hybridized carbons (Fsp3) is 0.300. The van der Waals surface area contributed by atoms with Crippen molar-refractivity contribution in [3.63, 3.8) is 0 Å². The second-order valence-electron chi connectivity index (χ2n) is 6.63. The molecular formula is C20H22ClN5. The first-order valence-corrected chi connectivity index (χ1v) is 9.29. The van der Waals surface area contributed by atoms with Crippen LogP contribution in [-0.4, -0.2) is 50.7 Å². The zero-order valence-electron chi connectivity index (χ0n) is 14.6. The van der Waals surface area contributed by atoms with E-state index in [9.17, 15) is 0 Å². The Hall–Kier alpha value is -2.21. The molecule has 0 atom stereocenters. The number of rotatable bonds is 5. The Labute approximate surface area is 158 Å². The van der Waals surface area contributed by atoms with Crippen LogP contribution in [0.4, 0.5) is 0 Å². The van der Waals surface area contributed by atoms with Gasteiger partial charge in [-0.15, -0.1) is 10.2 Å². The summed E-state index contributed by atoms with van der Waals surface area (Å²) in [5.41, 5.74) is 2.38. The largest absolute Gasteiger partial charge is 0.297 e. The van der Waals surface area contributed by atoms with Crippen LogP contribution in [0, 0.1) is 0 Å². The summed E-state index contributed by atoms with van der Waals surface area (Å²) in [6.45, 7) is 5.93. The van der Waals surface area contributed by atoms with Crippen molar-refractivity contribution in [2.24, 2.45) is 0 Å². The first kappa shape index (κ1) is 17.2. The van der Waals surface area contributed by atoms with E-state index in [0.29, 0.717) is 0 Å². The minimum atomic E-state index is 0.807. The van der Waals surface area contributed by atoms with Gasteiger partial charge in [-0.1, -0.05) is 41.9 Å². The summed E-state index contributed by atoms with van der Waals surface area (Å²) in [6.07, 6.45) is 1.79. The SMILES string of the molecule is Clc1cccc(CN2CCN(Cc3nncn3-c3ccccc3)CC2)c1. The highest BCUT2D eigenvalue weighted by atomic mass is 35.5. The summed E-state index contributed by atoms with van der Waals surface area (Å²) in [5.74, 6) is 0.986. The fourth-order valence-corrected chi connectivity index (χ4v) is 3.58. The second kappa shape index (κ2) is 7.99. The van der Waals surface area contributed by atoms with Gasteiger partial charge in [0.15, 0.2) is 5.82 Å². The van der Waals surface area contributed by atoms with Crippen LogP contribution < -0.4 is 0 Å². The number of piperazine rings is 1. The van der Waals surface area contributed by atoms with Crippen LogP contribution in [0.2, 0.25) is 5.02 Å². The molecule has 1 aromatic heterocycles. The molecule has 0 bridgehead atoms. The smallest absolute Gasteiger partial charge is 0.151 e. The van der Waals surface area contributed by atoms with Gasteiger partial charge in [0.25, 0.3) is 0 Å². The molecule has 2 heterocycles. The lowest BCUT2D eigenvalue weighted by molar-refractivity contribution is 0.119. The van der Waals surface area contributed by atoms with Crippen LogP contribution in [-0.2, 0) is 13.1 Å². The lowest BCUT2D eigenvalue weighted by Gasteiger charge is -2.34. The highest BCUT2D eigenvalue weighted by Gasteiger charge is 2.19. The van der Waals surface area contributed by atoms with Crippen molar-refractivity contribution in [3.05, 3.63) is 77.3 Å². The van der Waals surface area contributed by atoms with E-state index in [1.807, 2.05) is 30.3 Å². The lowest BCUT2D eigenvalue weighted by Crippen LogP contribution is -2.45. The van der Waals surface area contributed by atoms with E-state index in [-0.39, 0.29) is 0 Å². The van der Waals surface area contributed by atoms with E-state index in [1.54, 1.807) is 6.33 Å². The van der Waals surface area contributed by atoms with Crippen molar-refractivity contribution in [2.75, 3.05) is 26.2 Å². The van der Waals surface area contributed by atoms with Crippen molar-refractivity contribution >= 4 is 11.6 Å². The van der Waals surface area contributed by atoms with Crippen LogP contribution in [0.25, 0.3) is 5.69 Å². The molecule has 1 fully saturated rings. The Morgan fingerprint density at radius 1 is 0.846 bits per heavy atom. The molecule has 26 heavy (non-hydrogen) atoms. The monoisotopic (exact) mass is 367 g/mol. The highest BCUT2D eigenvalue weighted by molar-refractivity contribution is 6.30. The van der Waals surface area contributed by atoms with Crippen molar-refractivity contribution in [1.29, 1.82) is 0 Å². The molecule has 0 N–H and O–H groups in total. The predicted molar refractivity (Wildman–Crippen MR) is 103 cm³/mol. The predicted octanol–water partition coefficient (Wildman–Crippen LogP) is 3.24. The molecule has 3 aromatic rings. The van der Waals surface area contributed by atoms with Crippen LogP contribution in [0.3, 0.4) is 0 Å². The first-order valence-electron chi connectivity index (χ1n) is 8.91. The van der Waals surface area contributed by atoms with Gasteiger partial charge in [0.2, 0.25) is 0 Å². The molecule has 5 nitrogen and oxygen atoms in total. The number of aromatic nitrogens is 3. The Bertz CT molecular complexity index is 840. The van der Waals surface area contributed by atoms with Gasteiger partial charge in [0, 0.05) is 43.4 Å². The molecule has 0 aliphatic carbocycles. The van der Waals surface area contributed by atoms with Gasteiger partial charge in [-0.05, 0) is 29.8 Å². The zero-order valence-corrected chi connectivity index (χ0v) is 15.4. The summed E-state index contributed by atoms with van der Waals surface area (Å²) in [7, 11) is 0. The first-order chi connectivity index (χ1) is 12.8. The van der Waals surface area contributed by atoms with E-state index in [0.717, 1.165) is 55.8 Å². The van der Waals surface area contributed by atoms with Crippen LogP contribution in [0.1, 0.15) is 11.4 Å². The summed E-state index contributed by atoms with van der Waals surface area (Å²) in [6, 6.07) is 18.4. The maximum Gasteiger partial charge on any atom is 0.151 e.